The summed E-state index contributed by atoms with van der Waals surface area (Å²) in [5.74, 6) is -1.78. The van der Waals surface area contributed by atoms with Crippen molar-refractivity contribution in [2.75, 3.05) is 41.0 Å². The smallest absolute Gasteiger partial charge is 0.306 e. The Labute approximate surface area is 369 Å². The van der Waals surface area contributed by atoms with Gasteiger partial charge in [0.1, 0.15) is 12.6 Å². The molecule has 8 nitrogen and oxygen atoms in total. The van der Waals surface area contributed by atoms with E-state index in [2.05, 4.69) is 26.0 Å². The fraction of sp³-hybridized carbons (Fsp3) is 0.788. The van der Waals surface area contributed by atoms with Gasteiger partial charge < -0.3 is 28.6 Å². The molecule has 0 saturated carbocycles. The number of unbranched alkanes of at least 4 members (excludes halogenated alkanes) is 25. The van der Waals surface area contributed by atoms with Crippen LogP contribution in [0.3, 0.4) is 0 Å². The van der Waals surface area contributed by atoms with Gasteiger partial charge in [-0.05, 0) is 32.1 Å². The summed E-state index contributed by atoms with van der Waals surface area (Å²) in [6, 6.07) is -0.732. The fourth-order valence-corrected chi connectivity index (χ4v) is 7.26. The number of hydrogen-bond donors (Lipinski definition) is 0. The molecule has 8 heteroatoms. The van der Waals surface area contributed by atoms with Gasteiger partial charge in [0.2, 0.25) is 0 Å². The van der Waals surface area contributed by atoms with Crippen molar-refractivity contribution in [2.24, 2.45) is 0 Å². The highest BCUT2D eigenvalue weighted by atomic mass is 16.6. The van der Waals surface area contributed by atoms with E-state index in [0.717, 1.165) is 51.4 Å². The molecule has 0 bridgehead atoms. The van der Waals surface area contributed by atoms with Crippen molar-refractivity contribution in [2.45, 2.75) is 225 Å². The van der Waals surface area contributed by atoms with Gasteiger partial charge in [-0.3, -0.25) is 9.59 Å². The predicted molar refractivity (Wildman–Crippen MR) is 250 cm³/mol. The molecule has 0 fully saturated rings. The lowest BCUT2D eigenvalue weighted by molar-refractivity contribution is -0.889. The second-order valence-corrected chi connectivity index (χ2v) is 17.8. The number of likely N-dealkylation sites (N-methyl/N-ethyl adjacent to an activating group) is 1. The zero-order valence-corrected chi connectivity index (χ0v) is 39.6. The summed E-state index contributed by atoms with van der Waals surface area (Å²) >= 11 is 0. The first-order valence-corrected chi connectivity index (χ1v) is 24.7. The van der Waals surface area contributed by atoms with E-state index in [1.807, 2.05) is 36.5 Å². The summed E-state index contributed by atoms with van der Waals surface area (Å²) in [6.45, 7) is 4.50. The number of carboxylic acids is 1. The first kappa shape index (κ1) is 57.3. The number of carboxylic acid groups (broad SMARTS) is 1. The van der Waals surface area contributed by atoms with E-state index in [1.165, 1.54) is 128 Å². The van der Waals surface area contributed by atoms with Crippen LogP contribution in [-0.2, 0) is 28.6 Å². The van der Waals surface area contributed by atoms with Crippen molar-refractivity contribution >= 4 is 17.9 Å². The molecule has 0 aromatic rings. The summed E-state index contributed by atoms with van der Waals surface area (Å²) < 4.78 is 17.2. The number of ether oxygens (including phenoxy) is 3. The molecule has 2 unspecified atom stereocenters. The molecule has 0 aliphatic rings. The van der Waals surface area contributed by atoms with Crippen LogP contribution in [0.2, 0.25) is 0 Å². The Morgan fingerprint density at radius 2 is 0.933 bits per heavy atom. The van der Waals surface area contributed by atoms with Gasteiger partial charge in [-0.15, -0.1) is 0 Å². The number of hydrogen-bond acceptors (Lipinski definition) is 7. The van der Waals surface area contributed by atoms with Crippen molar-refractivity contribution in [3.05, 3.63) is 48.6 Å². The number of rotatable bonds is 44. The average molecular weight is 844 g/mol. The Kier molecular flexibility index (Phi) is 41.0. The van der Waals surface area contributed by atoms with Crippen LogP contribution in [0.4, 0.5) is 0 Å². The maximum absolute atomic E-state index is 12.8. The van der Waals surface area contributed by atoms with E-state index in [9.17, 15) is 19.5 Å². The molecule has 0 saturated heterocycles. The van der Waals surface area contributed by atoms with Crippen LogP contribution in [0, 0.1) is 0 Å². The SMILES string of the molecule is CC/C=C/C=C/C=C/C=C/CCCCCC(=O)OCC(COCCC(C(=O)[O-])[N+](C)(C)C)OC(=O)CCCCCCCCCCCCCCCCCCCCCCCCC. The third-order valence-corrected chi connectivity index (χ3v) is 11.1. The number of carbonyl (C=O) groups excluding carboxylic acids is 3. The van der Waals surface area contributed by atoms with Gasteiger partial charge in [0, 0.05) is 19.3 Å². The summed E-state index contributed by atoms with van der Waals surface area (Å²) in [5, 5.41) is 11.6. The van der Waals surface area contributed by atoms with Gasteiger partial charge in [-0.2, -0.15) is 0 Å². The van der Waals surface area contributed by atoms with Gasteiger partial charge in [0.15, 0.2) is 6.10 Å². The van der Waals surface area contributed by atoms with Gasteiger partial charge in [0.05, 0.1) is 40.3 Å². The fourth-order valence-electron chi connectivity index (χ4n) is 7.26. The number of carbonyl (C=O) groups is 3. The molecule has 0 aliphatic heterocycles. The van der Waals surface area contributed by atoms with E-state index < -0.39 is 18.1 Å². The van der Waals surface area contributed by atoms with Crippen LogP contribution in [0.25, 0.3) is 0 Å². The molecule has 0 radical (unpaired) electrons. The van der Waals surface area contributed by atoms with Crippen molar-refractivity contribution < 1.29 is 38.2 Å². The predicted octanol–water partition coefficient (Wildman–Crippen LogP) is 12.6. The molecule has 0 aromatic carbocycles. The summed E-state index contributed by atoms with van der Waals surface area (Å²) in [7, 11) is 5.40. The number of quaternary nitrogens is 1. The second kappa shape index (κ2) is 43.0. The molecule has 0 N–H and O–H groups in total. The third kappa shape index (κ3) is 40.7. The number of allylic oxidation sites excluding steroid dienone is 8. The van der Waals surface area contributed by atoms with E-state index in [4.69, 9.17) is 14.2 Å². The van der Waals surface area contributed by atoms with E-state index in [-0.39, 0.29) is 42.7 Å². The highest BCUT2D eigenvalue weighted by Gasteiger charge is 2.25. The molecular weight excluding hydrogens is 751 g/mol. The Balaban J connectivity index is 4.21. The summed E-state index contributed by atoms with van der Waals surface area (Å²) in [5.41, 5.74) is 0. The number of esters is 2. The Morgan fingerprint density at radius 1 is 0.517 bits per heavy atom. The first-order chi connectivity index (χ1) is 29.1. The topological polar surface area (TPSA) is 102 Å². The van der Waals surface area contributed by atoms with Crippen LogP contribution in [0.1, 0.15) is 213 Å². The zero-order valence-electron chi connectivity index (χ0n) is 39.6. The zero-order chi connectivity index (χ0) is 44.2. The maximum Gasteiger partial charge on any atom is 0.306 e. The van der Waals surface area contributed by atoms with E-state index in [1.54, 1.807) is 21.1 Å². The van der Waals surface area contributed by atoms with Crippen molar-refractivity contribution in [1.29, 1.82) is 0 Å². The third-order valence-electron chi connectivity index (χ3n) is 11.1. The highest BCUT2D eigenvalue weighted by molar-refractivity contribution is 5.70. The maximum atomic E-state index is 12.8. The molecule has 0 aromatic heterocycles. The van der Waals surface area contributed by atoms with Gasteiger partial charge in [-0.1, -0.05) is 210 Å². The van der Waals surface area contributed by atoms with Crippen LogP contribution < -0.4 is 5.11 Å². The molecule has 0 aliphatic carbocycles. The van der Waals surface area contributed by atoms with Gasteiger partial charge in [0.25, 0.3) is 0 Å². The average Bonchev–Trinajstić information content (AvgIpc) is 3.21. The molecule has 0 spiro atoms. The molecular formula is C52H93NO7. The standard InChI is InChI=1S/C52H93NO7/c1-6-8-10-12-14-16-18-20-21-22-23-24-25-26-27-28-29-31-33-35-37-39-41-43-51(55)60-48(46-58-45-44-49(52(56)57)53(3,4)5)47-59-50(54)42-40-38-36-34-32-30-19-17-15-13-11-9-7-2/h9,11,13,15,17,19,30,32,48-49H,6-8,10,12,14,16,18,20-29,31,33-47H2,1-5H3/b11-9+,15-13+,19-17+,32-30+. The molecule has 0 rings (SSSR count). The van der Waals surface area contributed by atoms with Crippen molar-refractivity contribution in [1.82, 2.24) is 0 Å². The lowest BCUT2D eigenvalue weighted by Crippen LogP contribution is -2.55. The van der Waals surface area contributed by atoms with Crippen LogP contribution in [0.5, 0.6) is 0 Å². The monoisotopic (exact) mass is 844 g/mol. The van der Waals surface area contributed by atoms with Crippen molar-refractivity contribution in [3.63, 3.8) is 0 Å². The molecule has 0 amide bonds. The highest BCUT2D eigenvalue weighted by Crippen LogP contribution is 2.16. The second-order valence-electron chi connectivity index (χ2n) is 17.8. The van der Waals surface area contributed by atoms with E-state index in [0.29, 0.717) is 12.8 Å². The Morgan fingerprint density at radius 3 is 1.38 bits per heavy atom. The number of nitrogens with zero attached hydrogens (tertiary/aromatic N) is 1. The van der Waals surface area contributed by atoms with Crippen LogP contribution >= 0.6 is 0 Å². The lowest BCUT2D eigenvalue weighted by Gasteiger charge is -2.34. The minimum atomic E-state index is -1.13. The van der Waals surface area contributed by atoms with E-state index >= 15 is 0 Å². The largest absolute Gasteiger partial charge is 0.544 e. The normalized spacial score (nSPS) is 13.3. The number of aliphatic carboxylic acids is 1. The Bertz CT molecular complexity index is 1120. The lowest BCUT2D eigenvalue weighted by atomic mass is 10.0. The van der Waals surface area contributed by atoms with Gasteiger partial charge in [-0.25, -0.2) is 0 Å². The van der Waals surface area contributed by atoms with Crippen molar-refractivity contribution in [3.8, 4) is 0 Å². The summed E-state index contributed by atoms with van der Waals surface area (Å²) in [4.78, 5) is 36.9. The minimum absolute atomic E-state index is 0.0291. The first-order valence-electron chi connectivity index (χ1n) is 24.7. The van der Waals surface area contributed by atoms with Gasteiger partial charge >= 0.3 is 11.9 Å². The molecule has 0 heterocycles. The molecule has 60 heavy (non-hydrogen) atoms. The summed E-state index contributed by atoms with van der Waals surface area (Å²) in [6.07, 6.45) is 51.6. The van der Waals surface area contributed by atoms with Crippen LogP contribution in [-0.4, -0.2) is 75.5 Å². The quantitative estimate of drug-likeness (QED) is 0.0260. The minimum Gasteiger partial charge on any atom is -0.544 e. The van der Waals surface area contributed by atoms with Crippen LogP contribution in [0.15, 0.2) is 48.6 Å². The molecule has 2 atom stereocenters. The Hall–Kier alpha value is -2.71. The molecule has 348 valence electrons.